The van der Waals surface area contributed by atoms with Crippen LogP contribution in [0.3, 0.4) is 0 Å². The summed E-state index contributed by atoms with van der Waals surface area (Å²) in [5, 5.41) is 4.30. The number of hydrazone groups is 1. The molecule has 0 fully saturated rings. The van der Waals surface area contributed by atoms with Gasteiger partial charge < -0.3 is 0 Å². The Morgan fingerprint density at radius 3 is 2.30 bits per heavy atom. The first-order chi connectivity index (χ1) is 4.61. The van der Waals surface area contributed by atoms with Crippen LogP contribution in [-0.2, 0) is 0 Å². The molecule has 0 N–H and O–H groups in total. The minimum absolute atomic E-state index is 0.631. The van der Waals surface area contributed by atoms with Crippen molar-refractivity contribution >= 4 is 11.4 Å². The zero-order valence-corrected chi connectivity index (χ0v) is 7.18. The van der Waals surface area contributed by atoms with Crippen molar-refractivity contribution in [3.8, 4) is 0 Å². The van der Waals surface area contributed by atoms with Gasteiger partial charge in [0, 0.05) is 5.92 Å². The first kappa shape index (κ1) is 7.45. The van der Waals surface area contributed by atoms with Crippen molar-refractivity contribution in [2.24, 2.45) is 11.0 Å². The topological polar surface area (TPSA) is 15.4 Å². The SMILES string of the molecule is CC1=N[N+](C)=C(C(C)C)C1. The monoisotopic (exact) mass is 139 g/mol. The molecule has 1 heterocycles. The van der Waals surface area contributed by atoms with Gasteiger partial charge in [0.1, 0.15) is 0 Å². The van der Waals surface area contributed by atoms with Gasteiger partial charge in [0.05, 0.1) is 12.1 Å². The minimum atomic E-state index is 0.631. The molecule has 0 aromatic rings. The van der Waals surface area contributed by atoms with Crippen LogP contribution in [0, 0.1) is 5.92 Å². The Labute approximate surface area is 62.3 Å². The highest BCUT2D eigenvalue weighted by molar-refractivity contribution is 6.03. The van der Waals surface area contributed by atoms with E-state index in [1.54, 1.807) is 0 Å². The van der Waals surface area contributed by atoms with E-state index in [1.165, 1.54) is 11.4 Å². The molecule has 2 nitrogen and oxygen atoms in total. The van der Waals surface area contributed by atoms with Gasteiger partial charge in [-0.2, -0.15) is 0 Å². The summed E-state index contributed by atoms with van der Waals surface area (Å²) in [7, 11) is 2.02. The maximum Gasteiger partial charge on any atom is 0.193 e. The van der Waals surface area contributed by atoms with Crippen LogP contribution in [0.25, 0.3) is 0 Å². The fourth-order valence-corrected chi connectivity index (χ4v) is 1.31. The predicted octanol–water partition coefficient (Wildman–Crippen LogP) is 1.51. The molecule has 0 atom stereocenters. The Kier molecular flexibility index (Phi) is 1.88. The molecular formula is C8H15N2+. The molecule has 0 saturated carbocycles. The van der Waals surface area contributed by atoms with Gasteiger partial charge in [0.2, 0.25) is 0 Å². The van der Waals surface area contributed by atoms with E-state index in [2.05, 4.69) is 25.9 Å². The van der Waals surface area contributed by atoms with E-state index in [4.69, 9.17) is 0 Å². The van der Waals surface area contributed by atoms with E-state index >= 15 is 0 Å². The average molecular weight is 139 g/mol. The van der Waals surface area contributed by atoms with Gasteiger partial charge >= 0.3 is 0 Å². The largest absolute Gasteiger partial charge is 0.193 e. The number of nitrogens with zero attached hydrogens (tertiary/aromatic N) is 2. The van der Waals surface area contributed by atoms with Crippen LogP contribution in [0.5, 0.6) is 0 Å². The summed E-state index contributed by atoms with van der Waals surface area (Å²) < 4.78 is 2.00. The molecule has 0 saturated heterocycles. The van der Waals surface area contributed by atoms with Crippen molar-refractivity contribution in [1.29, 1.82) is 0 Å². The van der Waals surface area contributed by atoms with Crippen molar-refractivity contribution < 1.29 is 4.68 Å². The molecule has 0 spiro atoms. The van der Waals surface area contributed by atoms with Crippen LogP contribution in [-0.4, -0.2) is 23.2 Å². The molecule has 1 aliphatic rings. The predicted molar refractivity (Wildman–Crippen MR) is 43.8 cm³/mol. The van der Waals surface area contributed by atoms with Crippen molar-refractivity contribution in [2.45, 2.75) is 27.2 Å². The average Bonchev–Trinajstić information content (AvgIpc) is 2.10. The zero-order valence-electron chi connectivity index (χ0n) is 7.18. The Hall–Kier alpha value is -0.660. The highest BCUT2D eigenvalue weighted by Gasteiger charge is 2.23. The zero-order chi connectivity index (χ0) is 7.72. The summed E-state index contributed by atoms with van der Waals surface area (Å²) in [6.45, 7) is 6.49. The summed E-state index contributed by atoms with van der Waals surface area (Å²) in [4.78, 5) is 0. The quantitative estimate of drug-likeness (QED) is 0.489. The molecular weight excluding hydrogens is 124 g/mol. The lowest BCUT2D eigenvalue weighted by molar-refractivity contribution is -0.501. The first-order valence-electron chi connectivity index (χ1n) is 3.74. The second-order valence-corrected chi connectivity index (χ2v) is 3.18. The van der Waals surface area contributed by atoms with E-state index < -0.39 is 0 Å². The summed E-state index contributed by atoms with van der Waals surface area (Å²) >= 11 is 0. The summed E-state index contributed by atoms with van der Waals surface area (Å²) in [5.41, 5.74) is 2.66. The molecule has 2 heteroatoms. The molecule has 0 aliphatic carbocycles. The van der Waals surface area contributed by atoms with E-state index in [-0.39, 0.29) is 0 Å². The van der Waals surface area contributed by atoms with Gasteiger partial charge in [0.25, 0.3) is 0 Å². The van der Waals surface area contributed by atoms with Gasteiger partial charge in [-0.3, -0.25) is 0 Å². The highest BCUT2D eigenvalue weighted by Crippen LogP contribution is 2.08. The molecule has 0 aromatic heterocycles. The molecule has 56 valence electrons. The first-order valence-corrected chi connectivity index (χ1v) is 3.74. The fourth-order valence-electron chi connectivity index (χ4n) is 1.31. The lowest BCUT2D eigenvalue weighted by Gasteiger charge is -1.96. The Bertz CT molecular complexity index is 199. The third-order valence-electron chi connectivity index (χ3n) is 1.84. The molecule has 0 amide bonds. The Morgan fingerprint density at radius 2 is 2.10 bits per heavy atom. The van der Waals surface area contributed by atoms with Crippen LogP contribution in [0.4, 0.5) is 0 Å². The van der Waals surface area contributed by atoms with E-state index in [1.807, 2.05) is 11.7 Å². The van der Waals surface area contributed by atoms with Crippen molar-refractivity contribution in [3.05, 3.63) is 0 Å². The summed E-state index contributed by atoms with van der Waals surface area (Å²) in [5.74, 6) is 0.631. The smallest absolute Gasteiger partial charge is 0.0946 e. The van der Waals surface area contributed by atoms with Crippen LogP contribution >= 0.6 is 0 Å². The normalized spacial score (nSPS) is 18.7. The summed E-state index contributed by atoms with van der Waals surface area (Å²) in [6, 6.07) is 0. The van der Waals surface area contributed by atoms with E-state index in [0.717, 1.165) is 6.42 Å². The standard InChI is InChI=1S/C8H15N2/c1-6(2)8-5-7(3)9-10(8)4/h6H,5H2,1-4H3/q+1. The minimum Gasteiger partial charge on any atom is -0.0946 e. The fraction of sp³-hybridized carbons (Fsp3) is 0.750. The van der Waals surface area contributed by atoms with Crippen molar-refractivity contribution in [3.63, 3.8) is 0 Å². The van der Waals surface area contributed by atoms with Gasteiger partial charge in [-0.1, -0.05) is 18.5 Å². The van der Waals surface area contributed by atoms with Crippen molar-refractivity contribution in [2.75, 3.05) is 7.05 Å². The molecule has 0 bridgehead atoms. The Balaban J connectivity index is 2.76. The van der Waals surface area contributed by atoms with E-state index in [0.29, 0.717) is 5.92 Å². The maximum absolute atomic E-state index is 4.30. The Morgan fingerprint density at radius 1 is 1.50 bits per heavy atom. The lowest BCUT2D eigenvalue weighted by Crippen LogP contribution is -2.14. The molecule has 0 aromatic carbocycles. The van der Waals surface area contributed by atoms with Crippen LogP contribution in [0.2, 0.25) is 0 Å². The number of rotatable bonds is 1. The third-order valence-corrected chi connectivity index (χ3v) is 1.84. The van der Waals surface area contributed by atoms with E-state index in [9.17, 15) is 0 Å². The van der Waals surface area contributed by atoms with Gasteiger partial charge in [-0.25, -0.2) is 0 Å². The van der Waals surface area contributed by atoms with Gasteiger partial charge in [0.15, 0.2) is 12.8 Å². The molecule has 0 radical (unpaired) electrons. The van der Waals surface area contributed by atoms with Gasteiger partial charge in [-0.15, -0.1) is 0 Å². The second kappa shape index (κ2) is 2.52. The van der Waals surface area contributed by atoms with Crippen LogP contribution in [0.1, 0.15) is 27.2 Å². The molecule has 1 aliphatic heterocycles. The highest BCUT2D eigenvalue weighted by atomic mass is 15.4. The third kappa shape index (κ3) is 1.25. The maximum atomic E-state index is 4.30. The number of hydrogen-bond acceptors (Lipinski definition) is 1. The van der Waals surface area contributed by atoms with Crippen molar-refractivity contribution in [1.82, 2.24) is 0 Å². The summed E-state index contributed by atoms with van der Waals surface area (Å²) in [6.07, 6.45) is 1.06. The number of hydrogen-bond donors (Lipinski definition) is 0. The van der Waals surface area contributed by atoms with Crippen LogP contribution < -0.4 is 0 Å². The molecule has 10 heavy (non-hydrogen) atoms. The molecule has 1 rings (SSSR count). The second-order valence-electron chi connectivity index (χ2n) is 3.18. The lowest BCUT2D eigenvalue weighted by atomic mass is 10.0. The molecule has 0 unspecified atom stereocenters. The van der Waals surface area contributed by atoms with Crippen LogP contribution in [0.15, 0.2) is 5.10 Å². The van der Waals surface area contributed by atoms with Gasteiger partial charge in [-0.05, 0) is 12.0 Å².